The Labute approximate surface area is 101 Å². The summed E-state index contributed by atoms with van der Waals surface area (Å²) in [6, 6.07) is 5.81. The van der Waals surface area contributed by atoms with E-state index in [1.165, 1.54) is 0 Å². The van der Waals surface area contributed by atoms with Crippen molar-refractivity contribution in [2.45, 2.75) is 6.54 Å². The van der Waals surface area contributed by atoms with E-state index in [0.29, 0.717) is 6.61 Å². The molecule has 17 heavy (non-hydrogen) atoms. The van der Waals surface area contributed by atoms with Crippen molar-refractivity contribution in [2.24, 2.45) is 0 Å². The van der Waals surface area contributed by atoms with Crippen molar-refractivity contribution >= 4 is 11.0 Å². The van der Waals surface area contributed by atoms with Crippen molar-refractivity contribution in [1.29, 1.82) is 0 Å². The Morgan fingerprint density at radius 1 is 1.29 bits per heavy atom. The molecule has 92 valence electrons. The molecule has 4 nitrogen and oxygen atoms in total. The third-order valence-corrected chi connectivity index (χ3v) is 2.66. The van der Waals surface area contributed by atoms with Gasteiger partial charge in [-0.15, -0.1) is 0 Å². The summed E-state index contributed by atoms with van der Waals surface area (Å²) in [5.41, 5.74) is 2.02. The summed E-state index contributed by atoms with van der Waals surface area (Å²) >= 11 is 0. The Morgan fingerprint density at radius 2 is 2.18 bits per heavy atom. The van der Waals surface area contributed by atoms with Gasteiger partial charge in [0, 0.05) is 31.1 Å². The normalized spacial score (nSPS) is 10.9. The van der Waals surface area contributed by atoms with Crippen LogP contribution in [0.3, 0.4) is 0 Å². The summed E-state index contributed by atoms with van der Waals surface area (Å²) in [6.07, 6.45) is 1.78. The average Bonchev–Trinajstić information content (AvgIpc) is 2.77. The van der Waals surface area contributed by atoms with E-state index >= 15 is 0 Å². The van der Waals surface area contributed by atoms with Crippen LogP contribution in [-0.4, -0.2) is 27.4 Å². The molecule has 1 heterocycles. The van der Waals surface area contributed by atoms with E-state index in [0.717, 1.165) is 35.4 Å². The second kappa shape index (κ2) is 5.70. The van der Waals surface area contributed by atoms with E-state index in [9.17, 15) is 0 Å². The van der Waals surface area contributed by atoms with Gasteiger partial charge in [-0.1, -0.05) is 0 Å². The van der Waals surface area contributed by atoms with Crippen molar-refractivity contribution in [3.63, 3.8) is 0 Å². The lowest BCUT2D eigenvalue weighted by molar-refractivity contribution is 0.199. The number of ether oxygens (including phenoxy) is 2. The number of furan rings is 1. The van der Waals surface area contributed by atoms with Crippen LogP contribution in [-0.2, 0) is 11.3 Å². The van der Waals surface area contributed by atoms with Crippen LogP contribution in [0.4, 0.5) is 0 Å². The zero-order valence-electron chi connectivity index (χ0n) is 10.2. The van der Waals surface area contributed by atoms with Crippen molar-refractivity contribution in [2.75, 3.05) is 27.4 Å². The maximum absolute atomic E-state index is 5.48. The largest absolute Gasteiger partial charge is 0.497 e. The van der Waals surface area contributed by atoms with Crippen molar-refractivity contribution in [3.8, 4) is 5.75 Å². The van der Waals surface area contributed by atoms with Gasteiger partial charge in [-0.05, 0) is 18.2 Å². The van der Waals surface area contributed by atoms with Gasteiger partial charge in [-0.2, -0.15) is 0 Å². The minimum atomic E-state index is 0.707. The number of rotatable bonds is 6. The van der Waals surface area contributed by atoms with Crippen LogP contribution in [0.5, 0.6) is 5.75 Å². The average molecular weight is 235 g/mol. The molecule has 0 fully saturated rings. The van der Waals surface area contributed by atoms with E-state index in [2.05, 4.69) is 5.32 Å². The van der Waals surface area contributed by atoms with Gasteiger partial charge in [-0.3, -0.25) is 0 Å². The highest BCUT2D eigenvalue weighted by molar-refractivity contribution is 5.82. The summed E-state index contributed by atoms with van der Waals surface area (Å²) in [6.45, 7) is 2.30. The lowest BCUT2D eigenvalue weighted by Crippen LogP contribution is -2.18. The molecule has 1 aromatic carbocycles. The third-order valence-electron chi connectivity index (χ3n) is 2.66. The molecule has 0 aliphatic rings. The van der Waals surface area contributed by atoms with E-state index in [4.69, 9.17) is 13.9 Å². The molecule has 2 aromatic rings. The summed E-state index contributed by atoms with van der Waals surface area (Å²) < 4.78 is 15.7. The highest BCUT2D eigenvalue weighted by atomic mass is 16.5. The first kappa shape index (κ1) is 12.0. The zero-order valence-corrected chi connectivity index (χ0v) is 10.2. The smallest absolute Gasteiger partial charge is 0.134 e. The minimum Gasteiger partial charge on any atom is -0.497 e. The second-order valence-electron chi connectivity index (χ2n) is 3.79. The van der Waals surface area contributed by atoms with Crippen LogP contribution in [0.25, 0.3) is 11.0 Å². The van der Waals surface area contributed by atoms with Crippen molar-refractivity contribution in [3.05, 3.63) is 30.0 Å². The molecule has 4 heteroatoms. The molecule has 2 rings (SSSR count). The lowest BCUT2D eigenvalue weighted by Gasteiger charge is -2.03. The van der Waals surface area contributed by atoms with Crippen LogP contribution in [0.1, 0.15) is 5.56 Å². The van der Waals surface area contributed by atoms with Crippen LogP contribution in [0.2, 0.25) is 0 Å². The molecule has 0 radical (unpaired) electrons. The van der Waals surface area contributed by atoms with E-state index in [-0.39, 0.29) is 0 Å². The fourth-order valence-corrected chi connectivity index (χ4v) is 1.72. The number of hydrogen-bond acceptors (Lipinski definition) is 4. The molecule has 0 aliphatic heterocycles. The molecule has 0 aliphatic carbocycles. The van der Waals surface area contributed by atoms with Crippen LogP contribution < -0.4 is 10.1 Å². The maximum atomic E-state index is 5.48. The van der Waals surface area contributed by atoms with E-state index in [1.807, 2.05) is 18.2 Å². The Balaban J connectivity index is 2.11. The minimum absolute atomic E-state index is 0.707. The monoisotopic (exact) mass is 235 g/mol. The van der Waals surface area contributed by atoms with Gasteiger partial charge in [-0.25, -0.2) is 0 Å². The molecule has 0 unspecified atom stereocenters. The topological polar surface area (TPSA) is 43.6 Å². The van der Waals surface area contributed by atoms with Gasteiger partial charge in [0.2, 0.25) is 0 Å². The van der Waals surface area contributed by atoms with E-state index in [1.54, 1.807) is 20.5 Å². The third kappa shape index (κ3) is 2.78. The van der Waals surface area contributed by atoms with Gasteiger partial charge in [0.25, 0.3) is 0 Å². The molecule has 1 N–H and O–H groups in total. The number of hydrogen-bond donors (Lipinski definition) is 1. The standard InChI is InChI=1S/C13H17NO3/c1-15-6-5-14-8-10-9-17-13-4-3-11(16-2)7-12(10)13/h3-4,7,9,14H,5-6,8H2,1-2H3. The second-order valence-corrected chi connectivity index (χ2v) is 3.79. The highest BCUT2D eigenvalue weighted by Crippen LogP contribution is 2.25. The summed E-state index contributed by atoms with van der Waals surface area (Å²) in [5, 5.41) is 4.38. The lowest BCUT2D eigenvalue weighted by atomic mass is 10.1. The predicted molar refractivity (Wildman–Crippen MR) is 66.3 cm³/mol. The number of methoxy groups -OCH3 is 2. The molecule has 0 saturated carbocycles. The first-order valence-electron chi connectivity index (χ1n) is 5.59. The Morgan fingerprint density at radius 3 is 2.94 bits per heavy atom. The van der Waals surface area contributed by atoms with Crippen molar-refractivity contribution < 1.29 is 13.9 Å². The Hall–Kier alpha value is -1.52. The fraction of sp³-hybridized carbons (Fsp3) is 0.385. The molecule has 0 saturated heterocycles. The first-order valence-corrected chi connectivity index (χ1v) is 5.59. The van der Waals surface area contributed by atoms with Gasteiger partial charge in [0.1, 0.15) is 11.3 Å². The van der Waals surface area contributed by atoms with Crippen LogP contribution in [0.15, 0.2) is 28.9 Å². The first-order chi connectivity index (χ1) is 8.35. The van der Waals surface area contributed by atoms with Crippen LogP contribution in [0, 0.1) is 0 Å². The van der Waals surface area contributed by atoms with Gasteiger partial charge < -0.3 is 19.2 Å². The zero-order chi connectivity index (χ0) is 12.1. The molecule has 0 amide bonds. The maximum Gasteiger partial charge on any atom is 0.134 e. The molecular weight excluding hydrogens is 218 g/mol. The summed E-state index contributed by atoms with van der Waals surface area (Å²) in [5.74, 6) is 0.844. The van der Waals surface area contributed by atoms with Crippen molar-refractivity contribution in [1.82, 2.24) is 5.32 Å². The SMILES string of the molecule is COCCNCc1coc2ccc(OC)cc12. The van der Waals surface area contributed by atoms with Gasteiger partial charge in [0.05, 0.1) is 20.0 Å². The summed E-state index contributed by atoms with van der Waals surface area (Å²) in [4.78, 5) is 0. The van der Waals surface area contributed by atoms with Crippen LogP contribution >= 0.6 is 0 Å². The van der Waals surface area contributed by atoms with E-state index < -0.39 is 0 Å². The fourth-order valence-electron chi connectivity index (χ4n) is 1.72. The van der Waals surface area contributed by atoms with Gasteiger partial charge >= 0.3 is 0 Å². The molecule has 0 bridgehead atoms. The molecule has 0 spiro atoms. The number of nitrogens with one attached hydrogen (secondary N) is 1. The molecule has 1 aromatic heterocycles. The van der Waals surface area contributed by atoms with Gasteiger partial charge in [0.15, 0.2) is 0 Å². The number of benzene rings is 1. The highest BCUT2D eigenvalue weighted by Gasteiger charge is 2.06. The summed E-state index contributed by atoms with van der Waals surface area (Å²) in [7, 11) is 3.36. The Bertz CT molecular complexity index is 478. The molecular formula is C13H17NO3. The quantitative estimate of drug-likeness (QED) is 0.779. The predicted octanol–water partition coefficient (Wildman–Crippen LogP) is 2.18. The molecule has 0 atom stereocenters. The number of fused-ring (bicyclic) bond motifs is 1. The Kier molecular flexibility index (Phi) is 4.01.